The summed E-state index contributed by atoms with van der Waals surface area (Å²) in [6, 6.07) is 1.54. The van der Waals surface area contributed by atoms with E-state index in [1.54, 1.807) is 6.07 Å². The van der Waals surface area contributed by atoms with Crippen molar-refractivity contribution in [3.63, 3.8) is 0 Å². The van der Waals surface area contributed by atoms with E-state index >= 15 is 0 Å². The van der Waals surface area contributed by atoms with E-state index in [1.165, 1.54) is 11.3 Å². The molecular weight excluding hydrogens is 270 g/mol. The largest absolute Gasteiger partial charge is 0.377 e. The molecule has 1 fully saturated rings. The Hall–Kier alpha value is -0.430. The number of sulfonamides is 1. The van der Waals surface area contributed by atoms with E-state index in [2.05, 4.69) is 4.72 Å². The topological polar surface area (TPSA) is 55.4 Å². The lowest BCUT2D eigenvalue weighted by atomic mass is 10.1. The first-order valence-corrected chi connectivity index (χ1v) is 8.41. The fraction of sp³-hybridized carbons (Fsp3) is 0.667. The second kappa shape index (κ2) is 5.28. The Bertz CT molecular complexity index is 515. The number of nitrogens with one attached hydrogen (secondary N) is 1. The lowest BCUT2D eigenvalue weighted by molar-refractivity contribution is 0.0902. The first-order valence-electron chi connectivity index (χ1n) is 6.11. The average Bonchev–Trinajstić information content (AvgIpc) is 2.86. The highest BCUT2D eigenvalue weighted by molar-refractivity contribution is 7.89. The van der Waals surface area contributed by atoms with Gasteiger partial charge in [-0.3, -0.25) is 0 Å². The summed E-state index contributed by atoms with van der Waals surface area (Å²) in [5.41, 5.74) is 0. The van der Waals surface area contributed by atoms with Gasteiger partial charge in [-0.25, -0.2) is 13.1 Å². The lowest BCUT2D eigenvalue weighted by Crippen LogP contribution is -2.40. The van der Waals surface area contributed by atoms with Crippen LogP contribution in [0, 0.1) is 13.8 Å². The number of rotatable bonds is 4. The second-order valence-corrected chi connectivity index (χ2v) is 7.88. The van der Waals surface area contributed by atoms with Crippen molar-refractivity contribution in [2.45, 2.75) is 50.7 Å². The minimum Gasteiger partial charge on any atom is -0.377 e. The first-order chi connectivity index (χ1) is 8.40. The smallest absolute Gasteiger partial charge is 0.242 e. The number of hydrogen-bond donors (Lipinski definition) is 1. The van der Waals surface area contributed by atoms with E-state index in [0.717, 1.165) is 29.2 Å². The van der Waals surface area contributed by atoms with Gasteiger partial charge >= 0.3 is 0 Å². The zero-order valence-electron chi connectivity index (χ0n) is 10.9. The third-order valence-corrected chi connectivity index (χ3v) is 5.93. The van der Waals surface area contributed by atoms with Gasteiger partial charge in [-0.2, -0.15) is 0 Å². The summed E-state index contributed by atoms with van der Waals surface area (Å²) < 4.78 is 32.8. The van der Waals surface area contributed by atoms with Gasteiger partial charge in [0.1, 0.15) is 0 Å². The molecule has 0 aromatic carbocycles. The number of hydrogen-bond acceptors (Lipinski definition) is 4. The lowest BCUT2D eigenvalue weighted by Gasteiger charge is -2.19. The molecule has 0 saturated carbocycles. The van der Waals surface area contributed by atoms with E-state index < -0.39 is 10.0 Å². The van der Waals surface area contributed by atoms with Gasteiger partial charge in [-0.05, 0) is 39.7 Å². The van der Waals surface area contributed by atoms with Crippen LogP contribution >= 0.6 is 11.3 Å². The normalized spacial score (nSPS) is 22.3. The molecule has 0 radical (unpaired) electrons. The van der Waals surface area contributed by atoms with Crippen LogP contribution in [0.1, 0.15) is 29.5 Å². The maximum absolute atomic E-state index is 12.3. The summed E-state index contributed by atoms with van der Waals surface area (Å²) in [6.45, 7) is 6.35. The Morgan fingerprint density at radius 1 is 1.50 bits per heavy atom. The number of thiophene rings is 1. The fourth-order valence-electron chi connectivity index (χ4n) is 2.26. The van der Waals surface area contributed by atoms with Gasteiger partial charge in [0.15, 0.2) is 0 Å². The van der Waals surface area contributed by atoms with E-state index in [1.807, 2.05) is 20.8 Å². The van der Waals surface area contributed by atoms with Crippen molar-refractivity contribution in [1.82, 2.24) is 4.72 Å². The highest BCUT2D eigenvalue weighted by Crippen LogP contribution is 2.25. The van der Waals surface area contributed by atoms with E-state index in [9.17, 15) is 8.42 Å². The van der Waals surface area contributed by atoms with Crippen LogP contribution in [0.15, 0.2) is 11.0 Å². The zero-order valence-corrected chi connectivity index (χ0v) is 12.5. The minimum absolute atomic E-state index is 0.000172. The van der Waals surface area contributed by atoms with Crippen molar-refractivity contribution in [1.29, 1.82) is 0 Å². The molecule has 0 unspecified atom stereocenters. The molecule has 0 spiro atoms. The highest BCUT2D eigenvalue weighted by atomic mass is 32.2. The second-order valence-electron chi connectivity index (χ2n) is 4.74. The number of aryl methyl sites for hydroxylation is 2. The first kappa shape index (κ1) is 14.0. The maximum Gasteiger partial charge on any atom is 0.242 e. The van der Waals surface area contributed by atoms with Gasteiger partial charge in [0.2, 0.25) is 10.0 Å². The Balaban J connectivity index is 2.14. The molecule has 2 atom stereocenters. The van der Waals surface area contributed by atoms with Crippen molar-refractivity contribution in [3.05, 3.63) is 15.8 Å². The molecule has 1 aliphatic rings. The van der Waals surface area contributed by atoms with Crippen LogP contribution in [0.4, 0.5) is 0 Å². The molecule has 2 rings (SSSR count). The van der Waals surface area contributed by atoms with Gasteiger partial charge in [0, 0.05) is 22.4 Å². The van der Waals surface area contributed by atoms with Crippen molar-refractivity contribution in [3.8, 4) is 0 Å². The minimum atomic E-state index is -3.43. The summed E-state index contributed by atoms with van der Waals surface area (Å²) >= 11 is 1.51. The van der Waals surface area contributed by atoms with Crippen LogP contribution < -0.4 is 4.72 Å². The molecule has 0 amide bonds. The van der Waals surface area contributed by atoms with Crippen LogP contribution in [-0.2, 0) is 14.8 Å². The van der Waals surface area contributed by atoms with Gasteiger partial charge < -0.3 is 4.74 Å². The van der Waals surface area contributed by atoms with Gasteiger partial charge in [-0.15, -0.1) is 11.3 Å². The molecule has 1 aliphatic heterocycles. The Labute approximate surface area is 112 Å². The predicted octanol–water partition coefficient (Wildman–Crippen LogP) is 2.21. The summed E-state index contributed by atoms with van der Waals surface area (Å²) in [6.07, 6.45) is 1.93. The van der Waals surface area contributed by atoms with Crippen molar-refractivity contribution in [2.75, 3.05) is 6.61 Å². The molecule has 1 aromatic rings. The molecule has 102 valence electrons. The van der Waals surface area contributed by atoms with Crippen molar-refractivity contribution >= 4 is 21.4 Å². The van der Waals surface area contributed by atoms with Crippen LogP contribution in [0.5, 0.6) is 0 Å². The van der Waals surface area contributed by atoms with Crippen molar-refractivity contribution in [2.24, 2.45) is 0 Å². The third-order valence-electron chi connectivity index (χ3n) is 3.15. The summed E-state index contributed by atoms with van der Waals surface area (Å²) in [5, 5.41) is 0. The molecule has 2 heterocycles. The van der Waals surface area contributed by atoms with Gasteiger partial charge in [0.25, 0.3) is 0 Å². The summed E-state index contributed by atoms with van der Waals surface area (Å²) in [7, 11) is -3.43. The van der Waals surface area contributed by atoms with E-state index in [0.29, 0.717) is 4.90 Å². The zero-order chi connectivity index (χ0) is 13.3. The molecule has 18 heavy (non-hydrogen) atoms. The van der Waals surface area contributed by atoms with Gasteiger partial charge in [0.05, 0.1) is 11.0 Å². The Morgan fingerprint density at radius 3 is 2.72 bits per heavy atom. The Kier molecular flexibility index (Phi) is 4.11. The van der Waals surface area contributed by atoms with Gasteiger partial charge in [-0.1, -0.05) is 0 Å². The van der Waals surface area contributed by atoms with Crippen LogP contribution in [-0.4, -0.2) is 27.2 Å². The quantitative estimate of drug-likeness (QED) is 0.924. The van der Waals surface area contributed by atoms with E-state index in [4.69, 9.17) is 4.74 Å². The molecule has 4 nitrogen and oxygen atoms in total. The van der Waals surface area contributed by atoms with Crippen molar-refractivity contribution < 1.29 is 13.2 Å². The van der Waals surface area contributed by atoms with Crippen LogP contribution in [0.2, 0.25) is 0 Å². The standard InChI is InChI=1S/C12H19NO3S2/c1-8-7-12(10(3)17-8)18(14,15)13-9(2)11-5-4-6-16-11/h7,9,11,13H,4-6H2,1-3H3/t9-,11-/m0/s1. The number of ether oxygens (including phenoxy) is 1. The Morgan fingerprint density at radius 2 is 2.22 bits per heavy atom. The maximum atomic E-state index is 12.3. The molecule has 1 aromatic heterocycles. The molecule has 0 aliphatic carbocycles. The molecule has 0 bridgehead atoms. The molecule has 6 heteroatoms. The monoisotopic (exact) mass is 289 g/mol. The summed E-state index contributed by atoms with van der Waals surface area (Å²) in [5.74, 6) is 0. The average molecular weight is 289 g/mol. The summed E-state index contributed by atoms with van der Waals surface area (Å²) in [4.78, 5) is 2.24. The highest BCUT2D eigenvalue weighted by Gasteiger charge is 2.28. The molecule has 1 saturated heterocycles. The van der Waals surface area contributed by atoms with Crippen LogP contribution in [0.3, 0.4) is 0 Å². The predicted molar refractivity (Wildman–Crippen MR) is 72.6 cm³/mol. The fourth-order valence-corrected chi connectivity index (χ4v) is 5.08. The van der Waals surface area contributed by atoms with E-state index in [-0.39, 0.29) is 12.1 Å². The molecular formula is C12H19NO3S2. The third kappa shape index (κ3) is 2.93. The molecule has 1 N–H and O–H groups in total. The SMILES string of the molecule is Cc1cc(S(=O)(=O)N[C@@H](C)[C@@H]2CCCO2)c(C)s1. The van der Waals surface area contributed by atoms with Crippen LogP contribution in [0.25, 0.3) is 0 Å².